The number of aromatic nitrogens is 1. The van der Waals surface area contributed by atoms with Crippen LogP contribution in [0.1, 0.15) is 27.9 Å². The number of hydrogen-bond acceptors (Lipinski definition) is 7. The number of furan rings is 1. The van der Waals surface area contributed by atoms with Crippen LogP contribution in [0, 0.1) is 12.7 Å². The Balaban J connectivity index is 1.67. The molecule has 1 amide bonds. The molecule has 0 bridgehead atoms. The number of Topliss-reactive ketones (excluding diaryl/α,β-unsaturated/α-hetero) is 1. The fourth-order valence-corrected chi connectivity index (χ4v) is 4.83. The first-order valence-electron chi connectivity index (χ1n) is 9.95. The van der Waals surface area contributed by atoms with Gasteiger partial charge in [0.25, 0.3) is 5.91 Å². The topological polar surface area (TPSA) is 92.9 Å². The van der Waals surface area contributed by atoms with E-state index < -0.39 is 29.3 Å². The average Bonchev–Trinajstić information content (AvgIpc) is 3.49. The van der Waals surface area contributed by atoms with Crippen molar-refractivity contribution in [3.8, 4) is 5.75 Å². The SMILES string of the molecule is COc1ccc([C@H]2C(C(=O)c3ccc(C)o3)=C(O)C(=O)N2c2nc3ccc(F)cc3s2)cc1. The minimum atomic E-state index is -0.966. The molecule has 1 aliphatic rings. The van der Waals surface area contributed by atoms with Crippen molar-refractivity contribution in [3.05, 3.63) is 88.8 Å². The largest absolute Gasteiger partial charge is 0.503 e. The van der Waals surface area contributed by atoms with Crippen LogP contribution >= 0.6 is 11.3 Å². The molecule has 0 unspecified atom stereocenters. The quantitative estimate of drug-likeness (QED) is 0.412. The van der Waals surface area contributed by atoms with Crippen LogP contribution in [-0.2, 0) is 4.79 Å². The van der Waals surface area contributed by atoms with Gasteiger partial charge in [0.2, 0.25) is 5.78 Å². The lowest BCUT2D eigenvalue weighted by atomic mass is 9.95. The number of benzene rings is 2. The van der Waals surface area contributed by atoms with E-state index in [0.29, 0.717) is 27.3 Å². The number of carbonyl (C=O) groups excluding carboxylic acids is 2. The predicted octanol–water partition coefficient (Wildman–Crippen LogP) is 5.13. The monoisotopic (exact) mass is 464 g/mol. The van der Waals surface area contributed by atoms with E-state index in [2.05, 4.69) is 4.98 Å². The van der Waals surface area contributed by atoms with E-state index in [4.69, 9.17) is 9.15 Å². The zero-order valence-electron chi connectivity index (χ0n) is 17.5. The summed E-state index contributed by atoms with van der Waals surface area (Å²) in [6.07, 6.45) is 0. The van der Waals surface area contributed by atoms with Crippen LogP contribution in [0.2, 0.25) is 0 Å². The van der Waals surface area contributed by atoms with E-state index in [1.54, 1.807) is 37.3 Å². The number of aryl methyl sites for hydroxylation is 1. The summed E-state index contributed by atoms with van der Waals surface area (Å²) in [6, 6.07) is 13.1. The van der Waals surface area contributed by atoms with Crippen molar-refractivity contribution in [2.24, 2.45) is 0 Å². The van der Waals surface area contributed by atoms with Crippen molar-refractivity contribution in [1.29, 1.82) is 0 Å². The third kappa shape index (κ3) is 3.46. The van der Waals surface area contributed by atoms with Gasteiger partial charge in [-0.3, -0.25) is 14.5 Å². The summed E-state index contributed by atoms with van der Waals surface area (Å²) in [5.74, 6) is -1.37. The van der Waals surface area contributed by atoms with Gasteiger partial charge in [0.1, 0.15) is 17.3 Å². The molecule has 9 heteroatoms. The van der Waals surface area contributed by atoms with Crippen molar-refractivity contribution in [1.82, 2.24) is 4.98 Å². The predicted molar refractivity (Wildman–Crippen MR) is 120 cm³/mol. The Labute approximate surface area is 191 Å². The standard InChI is InChI=1S/C24H17FN2O5S/c1-12-3-10-17(32-12)21(28)19-20(13-4-7-15(31-2)8-5-13)27(23(30)22(19)29)24-26-16-9-6-14(25)11-18(16)33-24/h3-11,20,29H,1-2H3/t20-/m0/s1. The molecule has 4 aromatic rings. The maximum Gasteiger partial charge on any atom is 0.296 e. The normalized spacial score (nSPS) is 16.2. The number of methoxy groups -OCH3 is 1. The Morgan fingerprint density at radius 1 is 1.18 bits per heavy atom. The number of anilines is 1. The summed E-state index contributed by atoms with van der Waals surface area (Å²) in [5.41, 5.74) is 0.939. The number of carbonyl (C=O) groups is 2. The lowest BCUT2D eigenvalue weighted by Gasteiger charge is -2.24. The Morgan fingerprint density at radius 2 is 1.94 bits per heavy atom. The van der Waals surface area contributed by atoms with Gasteiger partial charge in [0, 0.05) is 0 Å². The van der Waals surface area contributed by atoms with Gasteiger partial charge in [-0.25, -0.2) is 9.37 Å². The van der Waals surface area contributed by atoms with Crippen LogP contribution in [0.4, 0.5) is 9.52 Å². The highest BCUT2D eigenvalue weighted by Crippen LogP contribution is 2.44. The summed E-state index contributed by atoms with van der Waals surface area (Å²) < 4.78 is 24.9. The van der Waals surface area contributed by atoms with Crippen LogP contribution in [-0.4, -0.2) is 28.9 Å². The lowest BCUT2D eigenvalue weighted by molar-refractivity contribution is -0.117. The third-order valence-corrected chi connectivity index (χ3v) is 6.41. The maximum absolute atomic E-state index is 13.7. The van der Waals surface area contributed by atoms with Crippen molar-refractivity contribution >= 4 is 38.4 Å². The van der Waals surface area contributed by atoms with Gasteiger partial charge in [-0.2, -0.15) is 0 Å². The van der Waals surface area contributed by atoms with E-state index in [9.17, 15) is 19.1 Å². The highest BCUT2D eigenvalue weighted by Gasteiger charge is 2.46. The Hall–Kier alpha value is -3.98. The van der Waals surface area contributed by atoms with Gasteiger partial charge < -0.3 is 14.3 Å². The van der Waals surface area contributed by atoms with Crippen LogP contribution in [0.5, 0.6) is 5.75 Å². The van der Waals surface area contributed by atoms with Crippen molar-refractivity contribution in [2.75, 3.05) is 12.0 Å². The molecule has 2 aromatic carbocycles. The first-order chi connectivity index (χ1) is 15.9. The average molecular weight is 464 g/mol. The highest BCUT2D eigenvalue weighted by atomic mass is 32.1. The van der Waals surface area contributed by atoms with Crippen LogP contribution < -0.4 is 9.64 Å². The molecule has 0 saturated heterocycles. The molecule has 33 heavy (non-hydrogen) atoms. The smallest absolute Gasteiger partial charge is 0.296 e. The third-order valence-electron chi connectivity index (χ3n) is 5.39. The first kappa shape index (κ1) is 20.9. The molecule has 0 radical (unpaired) electrons. The van der Waals surface area contributed by atoms with Gasteiger partial charge in [0.15, 0.2) is 16.7 Å². The van der Waals surface area contributed by atoms with Crippen LogP contribution in [0.3, 0.4) is 0 Å². The zero-order chi connectivity index (χ0) is 23.3. The van der Waals surface area contributed by atoms with Crippen molar-refractivity contribution in [2.45, 2.75) is 13.0 Å². The van der Waals surface area contributed by atoms with Crippen molar-refractivity contribution < 1.29 is 28.2 Å². The molecule has 1 aliphatic heterocycles. The molecule has 1 atom stereocenters. The molecular formula is C24H17FN2O5S. The van der Waals surface area contributed by atoms with E-state index in [0.717, 1.165) is 11.3 Å². The minimum Gasteiger partial charge on any atom is -0.503 e. The number of aliphatic hydroxyl groups excluding tert-OH is 1. The van der Waals surface area contributed by atoms with E-state index in [1.165, 1.54) is 36.3 Å². The molecule has 0 aliphatic carbocycles. The van der Waals surface area contributed by atoms with Crippen LogP contribution in [0.15, 0.2) is 70.3 Å². The molecule has 166 valence electrons. The molecular weight excluding hydrogens is 447 g/mol. The summed E-state index contributed by atoms with van der Waals surface area (Å²) in [4.78, 5) is 32.3. The minimum absolute atomic E-state index is 0.00795. The van der Waals surface area contributed by atoms with Gasteiger partial charge in [-0.15, -0.1) is 0 Å². The first-order valence-corrected chi connectivity index (χ1v) is 10.8. The Bertz CT molecular complexity index is 1440. The van der Waals surface area contributed by atoms with Crippen LogP contribution in [0.25, 0.3) is 10.2 Å². The van der Waals surface area contributed by atoms with E-state index in [1.807, 2.05) is 0 Å². The van der Waals surface area contributed by atoms with Gasteiger partial charge in [0.05, 0.1) is 28.9 Å². The molecule has 0 saturated carbocycles. The van der Waals surface area contributed by atoms with Gasteiger partial charge in [-0.1, -0.05) is 23.5 Å². The second-order valence-corrected chi connectivity index (χ2v) is 8.47. The van der Waals surface area contributed by atoms with Gasteiger partial charge >= 0.3 is 0 Å². The molecule has 3 heterocycles. The Kier molecular flexibility index (Phi) is 4.98. The zero-order valence-corrected chi connectivity index (χ0v) is 18.4. The second kappa shape index (κ2) is 7.86. The number of hydrogen-bond donors (Lipinski definition) is 1. The van der Waals surface area contributed by atoms with E-state index in [-0.39, 0.29) is 16.5 Å². The lowest BCUT2D eigenvalue weighted by Crippen LogP contribution is -2.30. The highest BCUT2D eigenvalue weighted by molar-refractivity contribution is 7.22. The maximum atomic E-state index is 13.7. The number of aliphatic hydroxyl groups is 1. The molecule has 1 N–H and O–H groups in total. The number of nitrogens with zero attached hydrogens (tertiary/aromatic N) is 2. The second-order valence-electron chi connectivity index (χ2n) is 7.46. The summed E-state index contributed by atoms with van der Waals surface area (Å²) in [5, 5.41) is 11.0. The van der Waals surface area contributed by atoms with Crippen molar-refractivity contribution in [3.63, 3.8) is 0 Å². The van der Waals surface area contributed by atoms with Gasteiger partial charge in [-0.05, 0) is 55.0 Å². The summed E-state index contributed by atoms with van der Waals surface area (Å²) in [7, 11) is 1.53. The molecule has 0 spiro atoms. The number of fused-ring (bicyclic) bond motifs is 1. The fraction of sp³-hybridized carbons (Fsp3) is 0.125. The number of ether oxygens (including phenoxy) is 1. The number of halogens is 1. The summed E-state index contributed by atoms with van der Waals surface area (Å²) >= 11 is 1.09. The molecule has 0 fully saturated rings. The molecule has 2 aromatic heterocycles. The Morgan fingerprint density at radius 3 is 2.61 bits per heavy atom. The molecule has 5 rings (SSSR count). The number of rotatable bonds is 5. The number of ketones is 1. The summed E-state index contributed by atoms with van der Waals surface area (Å²) in [6.45, 7) is 1.69. The number of thiazole rings is 1. The molecule has 7 nitrogen and oxygen atoms in total. The fourth-order valence-electron chi connectivity index (χ4n) is 3.81. The van der Waals surface area contributed by atoms with E-state index >= 15 is 0 Å². The number of amides is 1.